The van der Waals surface area contributed by atoms with Gasteiger partial charge >= 0.3 is 0 Å². The smallest absolute Gasteiger partial charge is 0.245 e. The Balaban J connectivity index is 1.74. The van der Waals surface area contributed by atoms with Gasteiger partial charge in [-0.15, -0.1) is 0 Å². The Kier molecular flexibility index (Phi) is 9.25. The molecule has 2 rings (SSSR count). The summed E-state index contributed by atoms with van der Waals surface area (Å²) in [5.74, 6) is -0.906. The first-order chi connectivity index (χ1) is 14.5. The molecule has 6 N–H and O–H groups in total. The highest BCUT2D eigenvalue weighted by atomic mass is 79.9. The number of nitrogens with two attached hydrogens (primary N) is 1. The van der Waals surface area contributed by atoms with Gasteiger partial charge in [0.25, 0.3) is 0 Å². The van der Waals surface area contributed by atoms with E-state index in [9.17, 15) is 18.0 Å². The molecule has 1 atom stereocenters. The molecule has 0 aliphatic heterocycles. The summed E-state index contributed by atoms with van der Waals surface area (Å²) in [7, 11) is -3.78. The molecule has 0 aromatic heterocycles. The maximum absolute atomic E-state index is 12.1. The first-order valence-corrected chi connectivity index (χ1v) is 12.0. The molecule has 0 radical (unpaired) electrons. The number of rotatable bonds is 8. The van der Waals surface area contributed by atoms with E-state index < -0.39 is 21.3 Å². The molecule has 0 aliphatic rings. The Morgan fingerprint density at radius 2 is 1.74 bits per heavy atom. The van der Waals surface area contributed by atoms with Gasteiger partial charge in [-0.2, -0.15) is 12.6 Å². The van der Waals surface area contributed by atoms with Gasteiger partial charge in [0.1, 0.15) is 5.78 Å². The minimum absolute atomic E-state index is 0.0268. The summed E-state index contributed by atoms with van der Waals surface area (Å²) in [4.78, 5) is 24.0. The Morgan fingerprint density at radius 3 is 2.35 bits per heavy atom. The average Bonchev–Trinajstić information content (AvgIpc) is 2.67. The lowest BCUT2D eigenvalue weighted by Crippen LogP contribution is -2.44. The predicted molar refractivity (Wildman–Crippen MR) is 130 cm³/mol. The van der Waals surface area contributed by atoms with Gasteiger partial charge in [0.15, 0.2) is 5.11 Å². The Bertz CT molecular complexity index is 1060. The third-order valence-electron chi connectivity index (χ3n) is 3.73. The Hall–Kier alpha value is -2.19. The minimum atomic E-state index is -3.78. The molecule has 0 fully saturated rings. The lowest BCUT2D eigenvalue weighted by atomic mass is 10.2. The Labute approximate surface area is 199 Å². The van der Waals surface area contributed by atoms with Crippen LogP contribution in [0.4, 0.5) is 11.4 Å². The molecule has 0 saturated carbocycles. The standard InChI is InChI=1S/C18H20BrN5O4S3/c19-14-3-1-2-4-15(14)22-18(30)24-23-16(26)9-12(25)10-17(29)21-11-5-7-13(8-6-11)31(20,27)28/h1-8,17,21,29H,9-10H2,(H,23,26)(H2,20,27,28)(H2,22,24,30). The summed E-state index contributed by atoms with van der Waals surface area (Å²) >= 11 is 12.7. The number of thiocarbonyl (C=S) groups is 1. The second-order valence-corrected chi connectivity index (χ2v) is 9.70. The van der Waals surface area contributed by atoms with E-state index in [0.29, 0.717) is 11.4 Å². The number of hydrogen-bond acceptors (Lipinski definition) is 7. The van der Waals surface area contributed by atoms with E-state index in [1.807, 2.05) is 18.2 Å². The van der Waals surface area contributed by atoms with E-state index in [4.69, 9.17) is 17.4 Å². The van der Waals surface area contributed by atoms with Crippen molar-refractivity contribution in [1.82, 2.24) is 10.9 Å². The van der Waals surface area contributed by atoms with E-state index >= 15 is 0 Å². The van der Waals surface area contributed by atoms with Crippen molar-refractivity contribution in [3.05, 3.63) is 53.0 Å². The minimum Gasteiger partial charge on any atom is -0.373 e. The number of ketones is 1. The molecule has 2 aromatic rings. The van der Waals surface area contributed by atoms with E-state index in [-0.39, 0.29) is 28.6 Å². The number of anilines is 2. The molecule has 1 unspecified atom stereocenters. The van der Waals surface area contributed by atoms with E-state index in [1.54, 1.807) is 6.07 Å². The van der Waals surface area contributed by atoms with Gasteiger partial charge in [-0.1, -0.05) is 12.1 Å². The van der Waals surface area contributed by atoms with Crippen molar-refractivity contribution < 1.29 is 18.0 Å². The molecule has 31 heavy (non-hydrogen) atoms. The zero-order valence-electron chi connectivity index (χ0n) is 16.0. The molecule has 166 valence electrons. The number of Topliss-reactive ketones (excluding diaryl/α,β-unsaturated/α-hetero) is 1. The van der Waals surface area contributed by atoms with E-state index in [1.165, 1.54) is 24.3 Å². The number of hydrogen-bond donors (Lipinski definition) is 6. The summed E-state index contributed by atoms with van der Waals surface area (Å²) in [6.45, 7) is 0. The van der Waals surface area contributed by atoms with Gasteiger partial charge in [0.2, 0.25) is 15.9 Å². The van der Waals surface area contributed by atoms with Crippen molar-refractivity contribution in [3.63, 3.8) is 0 Å². The number of para-hydroxylation sites is 1. The predicted octanol–water partition coefficient (Wildman–Crippen LogP) is 2.13. The van der Waals surface area contributed by atoms with Crippen molar-refractivity contribution in [2.45, 2.75) is 23.1 Å². The van der Waals surface area contributed by atoms with Crippen molar-refractivity contribution >= 4 is 79.0 Å². The van der Waals surface area contributed by atoms with Crippen LogP contribution < -0.4 is 26.6 Å². The van der Waals surface area contributed by atoms with Gasteiger partial charge in [0, 0.05) is 16.6 Å². The fraction of sp³-hybridized carbons (Fsp3) is 0.167. The number of benzene rings is 2. The number of amides is 1. The highest BCUT2D eigenvalue weighted by Gasteiger charge is 2.15. The van der Waals surface area contributed by atoms with E-state index in [0.717, 1.165) is 4.47 Å². The average molecular weight is 546 g/mol. The lowest BCUT2D eigenvalue weighted by Gasteiger charge is -2.15. The summed E-state index contributed by atoms with van der Waals surface area (Å²) in [6.07, 6.45) is -0.402. The number of halogens is 1. The molecular formula is C18H20BrN5O4S3. The van der Waals surface area contributed by atoms with Crippen LogP contribution in [-0.2, 0) is 19.6 Å². The van der Waals surface area contributed by atoms with Gasteiger partial charge in [-0.05, 0) is 64.5 Å². The summed E-state index contributed by atoms with van der Waals surface area (Å²) in [5, 5.41) is 10.5. The second kappa shape index (κ2) is 11.4. The van der Waals surface area contributed by atoms with Crippen LogP contribution in [0.25, 0.3) is 0 Å². The second-order valence-electron chi connectivity index (χ2n) is 6.26. The molecule has 2 aromatic carbocycles. The van der Waals surface area contributed by atoms with Crippen LogP contribution >= 0.6 is 40.8 Å². The monoisotopic (exact) mass is 545 g/mol. The molecule has 0 spiro atoms. The van der Waals surface area contributed by atoms with Gasteiger partial charge in [-0.3, -0.25) is 20.4 Å². The topological polar surface area (TPSA) is 142 Å². The van der Waals surface area contributed by atoms with Crippen LogP contribution in [0.1, 0.15) is 12.8 Å². The number of nitrogens with one attached hydrogen (secondary N) is 4. The zero-order valence-corrected chi connectivity index (χ0v) is 20.1. The number of hydrazine groups is 1. The fourth-order valence-corrected chi connectivity index (χ4v) is 3.75. The molecule has 0 saturated heterocycles. The van der Waals surface area contributed by atoms with Gasteiger partial charge < -0.3 is 10.6 Å². The Morgan fingerprint density at radius 1 is 1.10 bits per heavy atom. The zero-order chi connectivity index (χ0) is 23.0. The largest absolute Gasteiger partial charge is 0.373 e. The van der Waals surface area contributed by atoms with Crippen LogP contribution in [0.5, 0.6) is 0 Å². The molecule has 9 nitrogen and oxygen atoms in total. The summed E-state index contributed by atoms with van der Waals surface area (Å²) in [5.41, 5.74) is 6.15. The SMILES string of the molecule is NS(=O)(=O)c1ccc(NC(S)CC(=O)CC(=O)NNC(=S)Nc2ccccc2Br)cc1. The highest BCUT2D eigenvalue weighted by Crippen LogP contribution is 2.20. The molecular weight excluding hydrogens is 526 g/mol. The lowest BCUT2D eigenvalue weighted by molar-refractivity contribution is -0.128. The van der Waals surface area contributed by atoms with E-state index in [2.05, 4.69) is 50.0 Å². The number of carbonyl (C=O) groups is 2. The first-order valence-electron chi connectivity index (χ1n) is 8.74. The van der Waals surface area contributed by atoms with Crippen molar-refractivity contribution in [2.75, 3.05) is 10.6 Å². The van der Waals surface area contributed by atoms with Crippen molar-refractivity contribution in [3.8, 4) is 0 Å². The number of thiol groups is 1. The van der Waals surface area contributed by atoms with Crippen LogP contribution in [0, 0.1) is 0 Å². The molecule has 0 bridgehead atoms. The number of sulfonamides is 1. The maximum Gasteiger partial charge on any atom is 0.245 e. The van der Waals surface area contributed by atoms with Crippen LogP contribution in [0.3, 0.4) is 0 Å². The van der Waals surface area contributed by atoms with Crippen molar-refractivity contribution in [1.29, 1.82) is 0 Å². The first kappa shape index (κ1) is 25.1. The molecule has 0 heterocycles. The quantitative estimate of drug-likeness (QED) is 0.0973. The number of primary sulfonamides is 1. The highest BCUT2D eigenvalue weighted by molar-refractivity contribution is 9.10. The normalized spacial score (nSPS) is 11.8. The molecule has 1 amide bonds. The fourth-order valence-electron chi connectivity index (χ4n) is 2.34. The van der Waals surface area contributed by atoms with Gasteiger partial charge in [0.05, 0.1) is 22.4 Å². The van der Waals surface area contributed by atoms with Crippen LogP contribution in [0.2, 0.25) is 0 Å². The van der Waals surface area contributed by atoms with Crippen molar-refractivity contribution in [2.24, 2.45) is 5.14 Å². The number of carbonyl (C=O) groups excluding carboxylic acids is 2. The molecule has 13 heteroatoms. The summed E-state index contributed by atoms with van der Waals surface area (Å²) in [6, 6.07) is 13.0. The van der Waals surface area contributed by atoms with Crippen LogP contribution in [-0.4, -0.2) is 30.6 Å². The third-order valence-corrected chi connectivity index (χ3v) is 5.87. The van der Waals surface area contributed by atoms with Gasteiger partial charge in [-0.25, -0.2) is 13.6 Å². The van der Waals surface area contributed by atoms with Crippen LogP contribution in [0.15, 0.2) is 57.9 Å². The summed E-state index contributed by atoms with van der Waals surface area (Å²) < 4.78 is 23.3. The third kappa shape index (κ3) is 8.83. The molecule has 0 aliphatic carbocycles. The maximum atomic E-state index is 12.1.